The van der Waals surface area contributed by atoms with Crippen LogP contribution in [0.15, 0.2) is 54.7 Å². The van der Waals surface area contributed by atoms with E-state index in [1.165, 1.54) is 0 Å². The Balaban J connectivity index is 0.00000684. The Kier molecular flexibility index (Phi) is 13.2. The topological polar surface area (TPSA) is 134 Å². The molecule has 0 radical (unpaired) electrons. The van der Waals surface area contributed by atoms with Gasteiger partial charge < -0.3 is 0 Å². The standard InChI is InChI=1S/C28H38N4O4.ClH/c1-5-15-28(18-19(2)3,27(35)31-29)25(33)24(23-17-20(4)14-16-30-23)22(26(34)32-36)13-9-12-21-10-7-6-8-11-21;/h6-12,14,16-17,19,22,24,36H,5,13,15,18,29H2,1-4H3,(H,31,35)(H,32,34);1H/b12-9+;/t22-,24+,28?;/m0./s1. The van der Waals surface area contributed by atoms with E-state index in [9.17, 15) is 19.6 Å². The van der Waals surface area contributed by atoms with Gasteiger partial charge in [-0.05, 0) is 55.4 Å². The molecule has 2 amide bonds. The summed E-state index contributed by atoms with van der Waals surface area (Å²) < 4.78 is 0. The van der Waals surface area contributed by atoms with Crippen molar-refractivity contribution in [1.29, 1.82) is 0 Å². The van der Waals surface area contributed by atoms with Crippen LogP contribution in [0.3, 0.4) is 0 Å². The van der Waals surface area contributed by atoms with Crippen molar-refractivity contribution in [3.63, 3.8) is 0 Å². The molecule has 3 atom stereocenters. The van der Waals surface area contributed by atoms with E-state index >= 15 is 0 Å². The summed E-state index contributed by atoms with van der Waals surface area (Å²) in [7, 11) is 0. The number of benzene rings is 1. The van der Waals surface area contributed by atoms with E-state index in [0.717, 1.165) is 11.1 Å². The first-order chi connectivity index (χ1) is 17.2. The molecule has 1 aromatic heterocycles. The minimum absolute atomic E-state index is 0. The zero-order valence-electron chi connectivity index (χ0n) is 21.9. The van der Waals surface area contributed by atoms with E-state index in [0.29, 0.717) is 12.1 Å². The van der Waals surface area contributed by atoms with Crippen LogP contribution in [0.1, 0.15) is 69.2 Å². The van der Waals surface area contributed by atoms with Crippen molar-refractivity contribution in [2.75, 3.05) is 0 Å². The highest BCUT2D eigenvalue weighted by Gasteiger charge is 2.51. The van der Waals surface area contributed by atoms with E-state index in [-0.39, 0.29) is 37.6 Å². The molecule has 9 heteroatoms. The summed E-state index contributed by atoms with van der Waals surface area (Å²) in [4.78, 5) is 45.1. The summed E-state index contributed by atoms with van der Waals surface area (Å²) in [6.07, 6.45) is 6.44. The Morgan fingerprint density at radius 2 is 1.84 bits per heavy atom. The summed E-state index contributed by atoms with van der Waals surface area (Å²) in [6.45, 7) is 7.62. The Labute approximate surface area is 225 Å². The van der Waals surface area contributed by atoms with Crippen molar-refractivity contribution in [2.24, 2.45) is 23.1 Å². The number of nitrogens with one attached hydrogen (secondary N) is 2. The molecule has 0 fully saturated rings. The van der Waals surface area contributed by atoms with Gasteiger partial charge in [0.05, 0.1) is 17.5 Å². The zero-order valence-corrected chi connectivity index (χ0v) is 22.8. The average Bonchev–Trinajstić information content (AvgIpc) is 2.87. The molecule has 2 aromatic rings. The number of hydrogen-bond donors (Lipinski definition) is 4. The van der Waals surface area contributed by atoms with E-state index in [1.807, 2.05) is 64.1 Å². The van der Waals surface area contributed by atoms with Crippen molar-refractivity contribution in [3.8, 4) is 0 Å². The largest absolute Gasteiger partial charge is 0.298 e. The van der Waals surface area contributed by atoms with Crippen molar-refractivity contribution in [1.82, 2.24) is 15.9 Å². The van der Waals surface area contributed by atoms with Crippen LogP contribution in [-0.4, -0.2) is 27.8 Å². The molecule has 1 unspecified atom stereocenters. The number of pyridine rings is 1. The minimum Gasteiger partial charge on any atom is -0.298 e. The number of carbonyl (C=O) groups excluding carboxylic acids is 3. The Morgan fingerprint density at radius 1 is 1.16 bits per heavy atom. The van der Waals surface area contributed by atoms with Gasteiger partial charge in [-0.1, -0.05) is 69.7 Å². The van der Waals surface area contributed by atoms with E-state index in [2.05, 4.69) is 10.4 Å². The third-order valence-corrected chi connectivity index (χ3v) is 6.36. The van der Waals surface area contributed by atoms with Crippen molar-refractivity contribution >= 4 is 36.1 Å². The third kappa shape index (κ3) is 8.21. The smallest absolute Gasteiger partial charge is 0.247 e. The fraction of sp³-hybridized carbons (Fsp3) is 0.429. The second-order valence-corrected chi connectivity index (χ2v) is 9.63. The number of aromatic nitrogens is 1. The lowest BCUT2D eigenvalue weighted by molar-refractivity contribution is -0.148. The number of nitrogens with zero attached hydrogens (tertiary/aromatic N) is 1. The lowest BCUT2D eigenvalue weighted by atomic mass is 9.65. The first-order valence-corrected chi connectivity index (χ1v) is 12.3. The van der Waals surface area contributed by atoms with E-state index < -0.39 is 34.8 Å². The summed E-state index contributed by atoms with van der Waals surface area (Å²) in [5.41, 5.74) is 4.62. The summed E-state index contributed by atoms with van der Waals surface area (Å²) in [5, 5.41) is 9.61. The summed E-state index contributed by atoms with van der Waals surface area (Å²) in [6, 6.07) is 13.1. The predicted octanol–water partition coefficient (Wildman–Crippen LogP) is 4.51. The number of Topliss-reactive ketones (excluding diaryl/α,β-unsaturated/α-hetero) is 1. The van der Waals surface area contributed by atoms with Crippen LogP contribution in [0.2, 0.25) is 0 Å². The third-order valence-electron chi connectivity index (χ3n) is 6.36. The van der Waals surface area contributed by atoms with Crippen molar-refractivity contribution in [2.45, 2.75) is 59.3 Å². The van der Waals surface area contributed by atoms with Crippen LogP contribution >= 0.6 is 12.4 Å². The fourth-order valence-corrected chi connectivity index (χ4v) is 4.85. The molecule has 0 aliphatic carbocycles. The van der Waals surface area contributed by atoms with Gasteiger partial charge in [-0.2, -0.15) is 0 Å². The van der Waals surface area contributed by atoms with Crippen molar-refractivity contribution in [3.05, 3.63) is 71.6 Å². The summed E-state index contributed by atoms with van der Waals surface area (Å²) >= 11 is 0. The van der Waals surface area contributed by atoms with Crippen molar-refractivity contribution < 1.29 is 19.6 Å². The highest BCUT2D eigenvalue weighted by atomic mass is 35.5. The van der Waals surface area contributed by atoms with Crippen LogP contribution in [0.25, 0.3) is 6.08 Å². The van der Waals surface area contributed by atoms with Gasteiger partial charge in [-0.15, -0.1) is 12.4 Å². The molecule has 5 N–H and O–H groups in total. The van der Waals surface area contributed by atoms with Gasteiger partial charge >= 0.3 is 0 Å². The number of hydroxylamine groups is 1. The van der Waals surface area contributed by atoms with Gasteiger partial charge in [-0.3, -0.25) is 30.0 Å². The van der Waals surface area contributed by atoms with Crippen LogP contribution in [0, 0.1) is 24.2 Å². The Morgan fingerprint density at radius 3 is 2.38 bits per heavy atom. The fourth-order valence-electron chi connectivity index (χ4n) is 4.85. The number of carbonyl (C=O) groups is 3. The molecule has 0 aliphatic rings. The minimum atomic E-state index is -1.45. The second kappa shape index (κ2) is 15.2. The molecule has 2 rings (SSSR count). The van der Waals surface area contributed by atoms with Gasteiger partial charge in [0.1, 0.15) is 5.41 Å². The zero-order chi connectivity index (χ0) is 26.7. The molecule has 1 heterocycles. The van der Waals surface area contributed by atoms with Crippen LogP contribution in [0.5, 0.6) is 0 Å². The number of hydrazine groups is 1. The normalized spacial score (nSPS) is 14.4. The number of rotatable bonds is 13. The number of aryl methyl sites for hydroxylation is 1. The first kappa shape index (κ1) is 32.0. The number of halogens is 1. The van der Waals surface area contributed by atoms with Crippen LogP contribution < -0.4 is 16.7 Å². The number of amides is 2. The molecule has 0 aliphatic heterocycles. The number of hydrogen-bond acceptors (Lipinski definition) is 6. The van der Waals surface area contributed by atoms with Gasteiger partial charge in [0, 0.05) is 6.20 Å². The van der Waals surface area contributed by atoms with E-state index in [1.54, 1.807) is 29.9 Å². The van der Waals surface area contributed by atoms with Gasteiger partial charge in [0.2, 0.25) is 11.8 Å². The number of allylic oxidation sites excluding steroid dienone is 1. The molecule has 1 aromatic carbocycles. The molecule has 0 saturated heterocycles. The number of nitrogens with two attached hydrogens (primary N) is 1. The molecule has 37 heavy (non-hydrogen) atoms. The maximum absolute atomic E-state index is 14.5. The molecule has 0 saturated carbocycles. The molecular formula is C28H39ClN4O4. The van der Waals surface area contributed by atoms with Crippen LogP contribution in [-0.2, 0) is 14.4 Å². The molecular weight excluding hydrogens is 492 g/mol. The lowest BCUT2D eigenvalue weighted by Crippen LogP contribution is -2.53. The summed E-state index contributed by atoms with van der Waals surface area (Å²) in [5.74, 6) is 1.75. The SMILES string of the molecule is CCCC(CC(C)C)(C(=O)NN)C(=O)[C@@H](c1cc(C)ccn1)[C@H](C/C=C/c1ccccc1)C(=O)NO.Cl. The van der Waals surface area contributed by atoms with Crippen LogP contribution in [0.4, 0.5) is 0 Å². The quantitative estimate of drug-likeness (QED) is 0.0989. The Hall–Kier alpha value is -3.07. The van der Waals surface area contributed by atoms with E-state index in [4.69, 9.17) is 5.84 Å². The Bertz CT molecular complexity index is 1060. The predicted molar refractivity (Wildman–Crippen MR) is 147 cm³/mol. The van der Waals surface area contributed by atoms with Gasteiger partial charge in [-0.25, -0.2) is 11.3 Å². The highest BCUT2D eigenvalue weighted by Crippen LogP contribution is 2.42. The van der Waals surface area contributed by atoms with Gasteiger partial charge in [0.15, 0.2) is 5.78 Å². The maximum atomic E-state index is 14.5. The second-order valence-electron chi connectivity index (χ2n) is 9.63. The average molecular weight is 531 g/mol. The molecule has 8 nitrogen and oxygen atoms in total. The first-order valence-electron chi connectivity index (χ1n) is 12.3. The molecule has 0 spiro atoms. The monoisotopic (exact) mass is 530 g/mol. The molecule has 0 bridgehead atoms. The lowest BCUT2D eigenvalue weighted by Gasteiger charge is -2.36. The van der Waals surface area contributed by atoms with Gasteiger partial charge in [0.25, 0.3) is 0 Å². The molecule has 202 valence electrons. The number of ketones is 1. The highest BCUT2D eigenvalue weighted by molar-refractivity contribution is 6.09. The maximum Gasteiger partial charge on any atom is 0.247 e.